The zero-order valence-corrected chi connectivity index (χ0v) is 12.0. The topological polar surface area (TPSA) is 44.8 Å². The highest BCUT2D eigenvalue weighted by atomic mass is 16.5. The average Bonchev–Trinajstić information content (AvgIpc) is 2.47. The van der Waals surface area contributed by atoms with Crippen LogP contribution >= 0.6 is 0 Å². The second kappa shape index (κ2) is 8.02. The van der Waals surface area contributed by atoms with E-state index in [2.05, 4.69) is 0 Å². The number of carbonyl (C=O) groups is 1. The van der Waals surface area contributed by atoms with Crippen molar-refractivity contribution in [1.29, 1.82) is 0 Å². The van der Waals surface area contributed by atoms with Gasteiger partial charge in [0.05, 0.1) is 19.8 Å². The molecular formula is C16H22O4. The van der Waals surface area contributed by atoms with E-state index >= 15 is 0 Å². The summed E-state index contributed by atoms with van der Waals surface area (Å²) in [6.07, 6.45) is 3.35. The molecule has 0 heterocycles. The monoisotopic (exact) mass is 278 g/mol. The van der Waals surface area contributed by atoms with Crippen LogP contribution in [0.1, 0.15) is 35.2 Å². The van der Waals surface area contributed by atoms with Gasteiger partial charge in [-0.05, 0) is 18.9 Å². The molecule has 1 aliphatic rings. The minimum absolute atomic E-state index is 0.236. The van der Waals surface area contributed by atoms with E-state index in [-0.39, 0.29) is 5.78 Å². The maximum atomic E-state index is 11.8. The number of ketones is 1. The van der Waals surface area contributed by atoms with E-state index in [9.17, 15) is 4.79 Å². The average molecular weight is 278 g/mol. The Kier molecular flexibility index (Phi) is 6.02. The molecule has 0 atom stereocenters. The molecule has 2 rings (SSSR count). The SMILES string of the molecule is COCCOCCCOc1cccc2c1CCCC2=O. The quantitative estimate of drug-likeness (QED) is 0.686. The fourth-order valence-electron chi connectivity index (χ4n) is 2.37. The second-order valence-corrected chi connectivity index (χ2v) is 4.87. The van der Waals surface area contributed by atoms with E-state index < -0.39 is 0 Å². The van der Waals surface area contributed by atoms with Crippen LogP contribution in [0.25, 0.3) is 0 Å². The van der Waals surface area contributed by atoms with Gasteiger partial charge < -0.3 is 14.2 Å². The lowest BCUT2D eigenvalue weighted by Crippen LogP contribution is -2.13. The second-order valence-electron chi connectivity index (χ2n) is 4.87. The first-order chi connectivity index (χ1) is 9.83. The molecule has 1 aromatic rings. The van der Waals surface area contributed by atoms with Gasteiger partial charge in [-0.1, -0.05) is 12.1 Å². The Hall–Kier alpha value is -1.39. The maximum Gasteiger partial charge on any atom is 0.163 e. The molecule has 4 heteroatoms. The maximum absolute atomic E-state index is 11.8. The lowest BCUT2D eigenvalue weighted by Gasteiger charge is -2.18. The van der Waals surface area contributed by atoms with Crippen molar-refractivity contribution in [3.05, 3.63) is 29.3 Å². The molecule has 0 unspecified atom stereocenters. The first-order valence-electron chi connectivity index (χ1n) is 7.17. The van der Waals surface area contributed by atoms with E-state index in [1.807, 2.05) is 18.2 Å². The Bertz CT molecular complexity index is 442. The molecule has 4 nitrogen and oxygen atoms in total. The van der Waals surface area contributed by atoms with Crippen LogP contribution in [0.5, 0.6) is 5.75 Å². The van der Waals surface area contributed by atoms with Gasteiger partial charge in [-0.3, -0.25) is 4.79 Å². The summed E-state index contributed by atoms with van der Waals surface area (Å²) >= 11 is 0. The summed E-state index contributed by atoms with van der Waals surface area (Å²) in [6, 6.07) is 5.74. The number of ether oxygens (including phenoxy) is 3. The summed E-state index contributed by atoms with van der Waals surface area (Å²) in [4.78, 5) is 11.8. The molecule has 0 radical (unpaired) electrons. The first kappa shape index (κ1) is 15.0. The number of benzene rings is 1. The van der Waals surface area contributed by atoms with Crippen LogP contribution in [-0.2, 0) is 15.9 Å². The van der Waals surface area contributed by atoms with Crippen molar-refractivity contribution in [2.45, 2.75) is 25.7 Å². The van der Waals surface area contributed by atoms with Crippen LogP contribution < -0.4 is 4.74 Å². The van der Waals surface area contributed by atoms with Crippen LogP contribution in [-0.4, -0.2) is 39.3 Å². The highest BCUT2D eigenvalue weighted by Crippen LogP contribution is 2.29. The predicted molar refractivity (Wildman–Crippen MR) is 76.5 cm³/mol. The van der Waals surface area contributed by atoms with Gasteiger partial charge in [0.1, 0.15) is 5.75 Å². The largest absolute Gasteiger partial charge is 0.493 e. The Labute approximate surface area is 120 Å². The zero-order valence-electron chi connectivity index (χ0n) is 12.0. The Balaban J connectivity index is 1.79. The third kappa shape index (κ3) is 4.05. The van der Waals surface area contributed by atoms with Crippen LogP contribution in [0.4, 0.5) is 0 Å². The van der Waals surface area contributed by atoms with Crippen LogP contribution in [0, 0.1) is 0 Å². The number of Topliss-reactive ketones (excluding diaryl/α,β-unsaturated/α-hetero) is 1. The molecule has 0 aromatic heterocycles. The minimum Gasteiger partial charge on any atom is -0.493 e. The molecule has 1 aromatic carbocycles. The number of methoxy groups -OCH3 is 1. The number of hydrogen-bond acceptors (Lipinski definition) is 4. The van der Waals surface area contributed by atoms with Crippen molar-refractivity contribution in [2.24, 2.45) is 0 Å². The third-order valence-electron chi connectivity index (χ3n) is 3.39. The van der Waals surface area contributed by atoms with Crippen LogP contribution in [0.15, 0.2) is 18.2 Å². The minimum atomic E-state index is 0.236. The molecule has 0 amide bonds. The number of hydrogen-bond donors (Lipinski definition) is 0. The van der Waals surface area contributed by atoms with Gasteiger partial charge in [-0.2, -0.15) is 0 Å². The Morgan fingerprint density at radius 1 is 1.10 bits per heavy atom. The zero-order chi connectivity index (χ0) is 14.2. The van der Waals surface area contributed by atoms with E-state index in [4.69, 9.17) is 14.2 Å². The molecule has 0 N–H and O–H groups in total. The Morgan fingerprint density at radius 2 is 2.00 bits per heavy atom. The van der Waals surface area contributed by atoms with Crippen molar-refractivity contribution in [3.8, 4) is 5.75 Å². The van der Waals surface area contributed by atoms with Gasteiger partial charge in [0.15, 0.2) is 5.78 Å². The molecule has 0 spiro atoms. The predicted octanol–water partition coefficient (Wildman–Crippen LogP) is 2.64. The van der Waals surface area contributed by atoms with Gasteiger partial charge in [-0.25, -0.2) is 0 Å². The Morgan fingerprint density at radius 3 is 2.85 bits per heavy atom. The molecule has 0 bridgehead atoms. The number of carbonyl (C=O) groups excluding carboxylic acids is 1. The smallest absolute Gasteiger partial charge is 0.163 e. The van der Waals surface area contributed by atoms with Gasteiger partial charge >= 0.3 is 0 Å². The van der Waals surface area contributed by atoms with Gasteiger partial charge in [0.25, 0.3) is 0 Å². The summed E-state index contributed by atoms with van der Waals surface area (Å²) in [5, 5.41) is 0. The van der Waals surface area contributed by atoms with E-state index in [1.54, 1.807) is 7.11 Å². The number of rotatable bonds is 8. The standard InChI is InChI=1S/C16H22O4/c1-18-11-12-19-9-4-10-20-16-8-3-5-13-14(16)6-2-7-15(13)17/h3,5,8H,2,4,6-7,9-12H2,1H3. The molecular weight excluding hydrogens is 256 g/mol. The fourth-order valence-corrected chi connectivity index (χ4v) is 2.37. The molecule has 1 aliphatic carbocycles. The van der Waals surface area contributed by atoms with Crippen molar-refractivity contribution < 1.29 is 19.0 Å². The fraction of sp³-hybridized carbons (Fsp3) is 0.562. The van der Waals surface area contributed by atoms with E-state index in [0.717, 1.165) is 36.1 Å². The summed E-state index contributed by atoms with van der Waals surface area (Å²) in [7, 11) is 1.66. The molecule has 110 valence electrons. The summed E-state index contributed by atoms with van der Waals surface area (Å²) in [5.41, 5.74) is 1.91. The first-order valence-corrected chi connectivity index (χ1v) is 7.17. The van der Waals surface area contributed by atoms with E-state index in [0.29, 0.717) is 32.8 Å². The molecule has 0 saturated carbocycles. The lowest BCUT2D eigenvalue weighted by molar-refractivity contribution is 0.0643. The summed E-state index contributed by atoms with van der Waals surface area (Å²) in [6.45, 7) is 2.51. The van der Waals surface area contributed by atoms with E-state index in [1.165, 1.54) is 0 Å². The van der Waals surface area contributed by atoms with Crippen molar-refractivity contribution in [2.75, 3.05) is 33.5 Å². The normalized spacial score (nSPS) is 14.2. The lowest BCUT2D eigenvalue weighted by atomic mass is 9.90. The van der Waals surface area contributed by atoms with Gasteiger partial charge in [0, 0.05) is 37.7 Å². The van der Waals surface area contributed by atoms with Crippen molar-refractivity contribution in [3.63, 3.8) is 0 Å². The van der Waals surface area contributed by atoms with Gasteiger partial charge in [0.2, 0.25) is 0 Å². The number of fused-ring (bicyclic) bond motifs is 1. The molecule has 0 saturated heterocycles. The van der Waals surface area contributed by atoms with Crippen molar-refractivity contribution in [1.82, 2.24) is 0 Å². The van der Waals surface area contributed by atoms with Crippen LogP contribution in [0.2, 0.25) is 0 Å². The van der Waals surface area contributed by atoms with Gasteiger partial charge in [-0.15, -0.1) is 0 Å². The molecule has 20 heavy (non-hydrogen) atoms. The summed E-state index contributed by atoms with van der Waals surface area (Å²) < 4.78 is 16.1. The molecule has 0 fully saturated rings. The third-order valence-corrected chi connectivity index (χ3v) is 3.39. The summed E-state index contributed by atoms with van der Waals surface area (Å²) in [5.74, 6) is 1.09. The van der Waals surface area contributed by atoms with Crippen LogP contribution in [0.3, 0.4) is 0 Å². The highest BCUT2D eigenvalue weighted by Gasteiger charge is 2.19. The highest BCUT2D eigenvalue weighted by molar-refractivity contribution is 5.99. The van der Waals surface area contributed by atoms with Crippen molar-refractivity contribution >= 4 is 5.78 Å². The molecule has 0 aliphatic heterocycles.